The molecule has 2 rings (SSSR count). The lowest BCUT2D eigenvalue weighted by molar-refractivity contribution is -0.116. The highest BCUT2D eigenvalue weighted by Gasteiger charge is 2.11. The maximum Gasteiger partial charge on any atom is 0.224 e. The van der Waals surface area contributed by atoms with E-state index in [4.69, 9.17) is 0 Å². The number of nitrogens with zero attached hydrogens (tertiary/aromatic N) is 1. The third-order valence-electron chi connectivity index (χ3n) is 2.80. The number of carbonyl (C=O) groups is 1. The van der Waals surface area contributed by atoms with E-state index in [2.05, 4.69) is 10.3 Å². The van der Waals surface area contributed by atoms with Crippen LogP contribution in [0.1, 0.15) is 24.8 Å². The highest BCUT2D eigenvalue weighted by molar-refractivity contribution is 5.91. The molecule has 1 atom stereocenters. The van der Waals surface area contributed by atoms with Crippen LogP contribution in [0, 0.1) is 0 Å². The quantitative estimate of drug-likeness (QED) is 0.891. The number of aromatic nitrogens is 1. The average Bonchev–Trinajstić information content (AvgIpc) is 2.40. The number of rotatable bonds is 4. The van der Waals surface area contributed by atoms with Crippen LogP contribution < -0.4 is 5.32 Å². The Kier molecular flexibility index (Phi) is 4.07. The predicted octanol–water partition coefficient (Wildman–Crippen LogP) is 3.21. The van der Waals surface area contributed by atoms with Gasteiger partial charge in [-0.25, -0.2) is 0 Å². The van der Waals surface area contributed by atoms with Crippen molar-refractivity contribution >= 4 is 11.6 Å². The number of benzene rings is 1. The number of pyridine rings is 1. The number of anilines is 1. The lowest BCUT2D eigenvalue weighted by atomic mass is 9.99. The SMILES string of the molecule is CC(CC(=O)Nc1ccccc1)c1cccnc1. The molecule has 18 heavy (non-hydrogen) atoms. The second-order valence-electron chi connectivity index (χ2n) is 4.31. The molecule has 0 saturated heterocycles. The highest BCUT2D eigenvalue weighted by atomic mass is 16.1. The largest absolute Gasteiger partial charge is 0.326 e. The van der Waals surface area contributed by atoms with E-state index in [0.29, 0.717) is 6.42 Å². The van der Waals surface area contributed by atoms with E-state index < -0.39 is 0 Å². The summed E-state index contributed by atoms with van der Waals surface area (Å²) in [4.78, 5) is 15.9. The Morgan fingerprint density at radius 2 is 2.00 bits per heavy atom. The molecule has 0 spiro atoms. The Hall–Kier alpha value is -2.16. The molecule has 0 aliphatic carbocycles. The number of hydrogen-bond donors (Lipinski definition) is 1. The van der Waals surface area contributed by atoms with E-state index in [1.54, 1.807) is 12.4 Å². The van der Waals surface area contributed by atoms with E-state index in [0.717, 1.165) is 11.3 Å². The molecule has 1 heterocycles. The third kappa shape index (κ3) is 3.42. The Morgan fingerprint density at radius 3 is 2.67 bits per heavy atom. The zero-order chi connectivity index (χ0) is 12.8. The molecule has 1 unspecified atom stereocenters. The van der Waals surface area contributed by atoms with Gasteiger partial charge in [-0.05, 0) is 29.7 Å². The van der Waals surface area contributed by atoms with Gasteiger partial charge in [0.25, 0.3) is 0 Å². The fraction of sp³-hybridized carbons (Fsp3) is 0.200. The Balaban J connectivity index is 1.92. The normalized spacial score (nSPS) is 11.8. The Morgan fingerprint density at radius 1 is 1.22 bits per heavy atom. The van der Waals surface area contributed by atoms with Crippen molar-refractivity contribution in [3.05, 3.63) is 60.4 Å². The van der Waals surface area contributed by atoms with Crippen LogP contribution in [-0.2, 0) is 4.79 Å². The summed E-state index contributed by atoms with van der Waals surface area (Å²) in [6, 6.07) is 13.4. The fourth-order valence-corrected chi connectivity index (χ4v) is 1.80. The highest BCUT2D eigenvalue weighted by Crippen LogP contribution is 2.18. The van der Waals surface area contributed by atoms with Crippen molar-refractivity contribution in [1.29, 1.82) is 0 Å². The smallest absolute Gasteiger partial charge is 0.224 e. The molecule has 2 aromatic rings. The summed E-state index contributed by atoms with van der Waals surface area (Å²) < 4.78 is 0. The summed E-state index contributed by atoms with van der Waals surface area (Å²) in [6.45, 7) is 2.03. The first-order valence-electron chi connectivity index (χ1n) is 6.00. The van der Waals surface area contributed by atoms with E-state index in [9.17, 15) is 4.79 Å². The number of nitrogens with one attached hydrogen (secondary N) is 1. The summed E-state index contributed by atoms with van der Waals surface area (Å²) in [5.74, 6) is 0.194. The van der Waals surface area contributed by atoms with Crippen molar-refractivity contribution in [1.82, 2.24) is 4.98 Å². The molecule has 0 bridgehead atoms. The van der Waals surface area contributed by atoms with Gasteiger partial charge in [0.1, 0.15) is 0 Å². The number of para-hydroxylation sites is 1. The molecule has 92 valence electrons. The minimum atomic E-state index is 0.0255. The summed E-state index contributed by atoms with van der Waals surface area (Å²) in [7, 11) is 0. The Bertz CT molecular complexity index is 496. The van der Waals surface area contributed by atoms with Gasteiger partial charge in [-0.1, -0.05) is 31.2 Å². The van der Waals surface area contributed by atoms with Crippen LogP contribution in [0.2, 0.25) is 0 Å². The molecule has 3 heteroatoms. The minimum Gasteiger partial charge on any atom is -0.326 e. The molecule has 1 aromatic carbocycles. The van der Waals surface area contributed by atoms with Crippen molar-refractivity contribution in [3.63, 3.8) is 0 Å². The zero-order valence-electron chi connectivity index (χ0n) is 10.3. The van der Waals surface area contributed by atoms with E-state index in [1.807, 2.05) is 49.4 Å². The molecule has 1 N–H and O–H groups in total. The van der Waals surface area contributed by atoms with Crippen molar-refractivity contribution in [2.75, 3.05) is 5.32 Å². The summed E-state index contributed by atoms with van der Waals surface area (Å²) in [6.07, 6.45) is 4.00. The van der Waals surface area contributed by atoms with E-state index in [1.165, 1.54) is 0 Å². The number of amides is 1. The second kappa shape index (κ2) is 5.96. The number of carbonyl (C=O) groups excluding carboxylic acids is 1. The molecule has 0 fully saturated rings. The van der Waals surface area contributed by atoms with Gasteiger partial charge in [0.2, 0.25) is 5.91 Å². The van der Waals surface area contributed by atoms with Gasteiger partial charge >= 0.3 is 0 Å². The van der Waals surface area contributed by atoms with E-state index in [-0.39, 0.29) is 11.8 Å². The second-order valence-corrected chi connectivity index (χ2v) is 4.31. The van der Waals surface area contributed by atoms with Gasteiger partial charge in [0.15, 0.2) is 0 Å². The maximum absolute atomic E-state index is 11.9. The first-order chi connectivity index (χ1) is 8.75. The molecule has 0 aliphatic rings. The van der Waals surface area contributed by atoms with Crippen molar-refractivity contribution in [2.45, 2.75) is 19.3 Å². The van der Waals surface area contributed by atoms with Crippen LogP contribution in [0.3, 0.4) is 0 Å². The molecule has 0 aliphatic heterocycles. The van der Waals surface area contributed by atoms with Gasteiger partial charge in [-0.3, -0.25) is 9.78 Å². The van der Waals surface area contributed by atoms with Crippen LogP contribution >= 0.6 is 0 Å². The van der Waals surface area contributed by atoms with Gasteiger partial charge in [0.05, 0.1) is 0 Å². The Labute approximate surface area is 107 Å². The van der Waals surface area contributed by atoms with Crippen molar-refractivity contribution in [2.24, 2.45) is 0 Å². The van der Waals surface area contributed by atoms with E-state index >= 15 is 0 Å². The first kappa shape index (κ1) is 12.3. The zero-order valence-corrected chi connectivity index (χ0v) is 10.3. The van der Waals surface area contributed by atoms with Crippen molar-refractivity contribution < 1.29 is 4.79 Å². The van der Waals surface area contributed by atoms with Gasteiger partial charge in [0, 0.05) is 24.5 Å². The standard InChI is InChI=1S/C15H16N2O/c1-12(13-6-5-9-16-11-13)10-15(18)17-14-7-3-2-4-8-14/h2-9,11-12H,10H2,1H3,(H,17,18). The summed E-state index contributed by atoms with van der Waals surface area (Å²) >= 11 is 0. The molecule has 1 amide bonds. The topological polar surface area (TPSA) is 42.0 Å². The molecule has 0 radical (unpaired) electrons. The van der Waals surface area contributed by atoms with Crippen LogP contribution in [0.15, 0.2) is 54.9 Å². The molecular formula is C15H16N2O. The van der Waals surface area contributed by atoms with Gasteiger partial charge in [-0.15, -0.1) is 0 Å². The third-order valence-corrected chi connectivity index (χ3v) is 2.80. The first-order valence-corrected chi connectivity index (χ1v) is 6.00. The van der Waals surface area contributed by atoms with Crippen LogP contribution in [0.4, 0.5) is 5.69 Å². The average molecular weight is 240 g/mol. The molecule has 1 aromatic heterocycles. The fourth-order valence-electron chi connectivity index (χ4n) is 1.80. The van der Waals surface area contributed by atoms with Crippen LogP contribution in [0.25, 0.3) is 0 Å². The molecule has 0 saturated carbocycles. The van der Waals surface area contributed by atoms with Crippen LogP contribution in [0.5, 0.6) is 0 Å². The number of hydrogen-bond acceptors (Lipinski definition) is 2. The summed E-state index contributed by atoms with van der Waals surface area (Å²) in [5.41, 5.74) is 1.92. The monoisotopic (exact) mass is 240 g/mol. The molecule has 3 nitrogen and oxygen atoms in total. The maximum atomic E-state index is 11.9. The van der Waals surface area contributed by atoms with Gasteiger partial charge < -0.3 is 5.32 Å². The lowest BCUT2D eigenvalue weighted by Gasteiger charge is -2.11. The van der Waals surface area contributed by atoms with Crippen molar-refractivity contribution in [3.8, 4) is 0 Å². The molecular weight excluding hydrogens is 224 g/mol. The van der Waals surface area contributed by atoms with Crippen LogP contribution in [-0.4, -0.2) is 10.9 Å². The van der Waals surface area contributed by atoms with Gasteiger partial charge in [-0.2, -0.15) is 0 Å². The predicted molar refractivity (Wildman–Crippen MR) is 72.3 cm³/mol. The minimum absolute atomic E-state index is 0.0255. The summed E-state index contributed by atoms with van der Waals surface area (Å²) in [5, 5.41) is 2.88. The lowest BCUT2D eigenvalue weighted by Crippen LogP contribution is -2.14.